The lowest BCUT2D eigenvalue weighted by atomic mass is 9.91. The van der Waals surface area contributed by atoms with E-state index in [4.69, 9.17) is 5.73 Å². The Morgan fingerprint density at radius 3 is 2.47 bits per heavy atom. The summed E-state index contributed by atoms with van der Waals surface area (Å²) in [6.45, 7) is 8.96. The van der Waals surface area contributed by atoms with Gasteiger partial charge in [0.05, 0.1) is 0 Å². The summed E-state index contributed by atoms with van der Waals surface area (Å²) < 4.78 is 0. The highest BCUT2D eigenvalue weighted by Crippen LogP contribution is 2.16. The Kier molecular flexibility index (Phi) is 6.22. The van der Waals surface area contributed by atoms with Gasteiger partial charge in [-0.3, -0.25) is 0 Å². The maximum absolute atomic E-state index is 6.08. The van der Waals surface area contributed by atoms with Crippen molar-refractivity contribution in [3.05, 3.63) is 0 Å². The fourth-order valence-electron chi connectivity index (χ4n) is 2.36. The second-order valence-electron chi connectivity index (χ2n) is 4.54. The van der Waals surface area contributed by atoms with E-state index in [9.17, 15) is 0 Å². The van der Waals surface area contributed by atoms with Gasteiger partial charge in [-0.05, 0) is 25.9 Å². The van der Waals surface area contributed by atoms with Gasteiger partial charge in [0, 0.05) is 25.2 Å². The molecule has 3 N–H and O–H groups in total. The van der Waals surface area contributed by atoms with Crippen LogP contribution in [0.25, 0.3) is 0 Å². The molecule has 0 heterocycles. The summed E-state index contributed by atoms with van der Waals surface area (Å²) in [5.74, 6) is 0. The van der Waals surface area contributed by atoms with Gasteiger partial charge in [-0.15, -0.1) is 0 Å². The topological polar surface area (TPSA) is 41.3 Å². The number of nitrogens with one attached hydrogen (secondary N) is 1. The van der Waals surface area contributed by atoms with Gasteiger partial charge in [-0.25, -0.2) is 0 Å². The van der Waals surface area contributed by atoms with Crippen LogP contribution in [0.1, 0.15) is 39.5 Å². The Morgan fingerprint density at radius 2 is 1.87 bits per heavy atom. The first kappa shape index (κ1) is 12.9. The van der Waals surface area contributed by atoms with E-state index in [0.29, 0.717) is 12.1 Å². The molecule has 1 aliphatic carbocycles. The number of hydrogen-bond donors (Lipinski definition) is 2. The molecule has 0 aliphatic heterocycles. The van der Waals surface area contributed by atoms with Crippen LogP contribution in [0.15, 0.2) is 0 Å². The molecule has 1 aliphatic rings. The molecule has 3 nitrogen and oxygen atoms in total. The molecule has 1 rings (SSSR count). The second kappa shape index (κ2) is 7.20. The third kappa shape index (κ3) is 4.49. The molecular weight excluding hydrogens is 186 g/mol. The van der Waals surface area contributed by atoms with E-state index < -0.39 is 0 Å². The van der Waals surface area contributed by atoms with Crippen LogP contribution in [0.4, 0.5) is 0 Å². The van der Waals surface area contributed by atoms with Gasteiger partial charge in [-0.2, -0.15) is 0 Å². The SMILES string of the molecule is CCN(CC)CCNC1CCCCC1N. The smallest absolute Gasteiger partial charge is 0.0219 e. The largest absolute Gasteiger partial charge is 0.326 e. The molecule has 15 heavy (non-hydrogen) atoms. The molecule has 0 saturated heterocycles. The highest BCUT2D eigenvalue weighted by atomic mass is 15.1. The van der Waals surface area contributed by atoms with Crippen LogP contribution in [0.3, 0.4) is 0 Å². The Morgan fingerprint density at radius 1 is 1.20 bits per heavy atom. The molecule has 3 heteroatoms. The molecule has 1 saturated carbocycles. The number of nitrogens with two attached hydrogens (primary N) is 1. The molecule has 2 atom stereocenters. The maximum Gasteiger partial charge on any atom is 0.0219 e. The molecule has 0 spiro atoms. The molecule has 0 bridgehead atoms. The normalized spacial score (nSPS) is 27.2. The molecule has 0 amide bonds. The monoisotopic (exact) mass is 213 g/mol. The van der Waals surface area contributed by atoms with Gasteiger partial charge in [0.1, 0.15) is 0 Å². The summed E-state index contributed by atoms with van der Waals surface area (Å²) in [4.78, 5) is 2.45. The fraction of sp³-hybridized carbons (Fsp3) is 1.00. The molecule has 2 unspecified atom stereocenters. The van der Waals surface area contributed by atoms with Crippen LogP contribution >= 0.6 is 0 Å². The summed E-state index contributed by atoms with van der Waals surface area (Å²) >= 11 is 0. The summed E-state index contributed by atoms with van der Waals surface area (Å²) in [6.07, 6.45) is 5.12. The van der Waals surface area contributed by atoms with Crippen molar-refractivity contribution < 1.29 is 0 Å². The quantitative estimate of drug-likeness (QED) is 0.696. The predicted molar refractivity (Wildman–Crippen MR) is 66.0 cm³/mol. The van der Waals surface area contributed by atoms with Crippen LogP contribution in [0, 0.1) is 0 Å². The lowest BCUT2D eigenvalue weighted by Crippen LogP contribution is -2.49. The lowest BCUT2D eigenvalue weighted by Gasteiger charge is -2.30. The Bertz CT molecular complexity index is 157. The van der Waals surface area contributed by atoms with Gasteiger partial charge in [0.15, 0.2) is 0 Å². The van der Waals surface area contributed by atoms with E-state index in [1.165, 1.54) is 25.7 Å². The highest BCUT2D eigenvalue weighted by molar-refractivity contribution is 4.83. The number of likely N-dealkylation sites (N-methyl/N-ethyl adjacent to an activating group) is 1. The zero-order valence-corrected chi connectivity index (χ0v) is 10.3. The van der Waals surface area contributed by atoms with Crippen LogP contribution in [0.2, 0.25) is 0 Å². The number of rotatable bonds is 6. The van der Waals surface area contributed by atoms with Crippen molar-refractivity contribution in [3.8, 4) is 0 Å². The number of hydrogen-bond acceptors (Lipinski definition) is 3. The zero-order chi connectivity index (χ0) is 11.1. The minimum atomic E-state index is 0.385. The first-order valence-electron chi connectivity index (χ1n) is 6.49. The molecule has 90 valence electrons. The second-order valence-corrected chi connectivity index (χ2v) is 4.54. The van der Waals surface area contributed by atoms with E-state index in [1.54, 1.807) is 0 Å². The van der Waals surface area contributed by atoms with Gasteiger partial charge < -0.3 is 16.0 Å². The predicted octanol–water partition coefficient (Wildman–Crippen LogP) is 1.19. The average molecular weight is 213 g/mol. The molecule has 0 radical (unpaired) electrons. The van der Waals surface area contributed by atoms with Crippen molar-refractivity contribution in [2.45, 2.75) is 51.6 Å². The van der Waals surface area contributed by atoms with Crippen LogP contribution < -0.4 is 11.1 Å². The van der Waals surface area contributed by atoms with Crippen molar-refractivity contribution in [2.24, 2.45) is 5.73 Å². The molecular formula is C12H27N3. The third-order valence-corrected chi connectivity index (χ3v) is 3.55. The molecule has 0 aromatic rings. The van der Waals surface area contributed by atoms with Crippen molar-refractivity contribution in [2.75, 3.05) is 26.2 Å². The molecule has 1 fully saturated rings. The summed E-state index contributed by atoms with van der Waals surface area (Å²) in [6, 6.07) is 0.949. The average Bonchev–Trinajstić information content (AvgIpc) is 2.27. The minimum Gasteiger partial charge on any atom is -0.326 e. The van der Waals surface area contributed by atoms with E-state index in [2.05, 4.69) is 24.1 Å². The third-order valence-electron chi connectivity index (χ3n) is 3.55. The van der Waals surface area contributed by atoms with Crippen molar-refractivity contribution >= 4 is 0 Å². The zero-order valence-electron chi connectivity index (χ0n) is 10.3. The Hall–Kier alpha value is -0.120. The van der Waals surface area contributed by atoms with E-state index in [1.807, 2.05) is 0 Å². The van der Waals surface area contributed by atoms with Crippen LogP contribution in [-0.4, -0.2) is 43.2 Å². The Labute approximate surface area is 94.4 Å². The summed E-state index contributed by atoms with van der Waals surface area (Å²) in [5.41, 5.74) is 6.08. The highest BCUT2D eigenvalue weighted by Gasteiger charge is 2.20. The molecule has 0 aromatic heterocycles. The Balaban J connectivity index is 2.12. The summed E-state index contributed by atoms with van der Waals surface area (Å²) in [5, 5.41) is 3.60. The standard InChI is InChI=1S/C12H27N3/c1-3-15(4-2)10-9-14-12-8-6-5-7-11(12)13/h11-12,14H,3-10,13H2,1-2H3. The van der Waals surface area contributed by atoms with E-state index >= 15 is 0 Å². The maximum atomic E-state index is 6.08. The number of nitrogens with zero attached hydrogens (tertiary/aromatic N) is 1. The fourth-order valence-corrected chi connectivity index (χ4v) is 2.36. The molecule has 0 aromatic carbocycles. The van der Waals surface area contributed by atoms with Gasteiger partial charge in [0.2, 0.25) is 0 Å². The summed E-state index contributed by atoms with van der Waals surface area (Å²) in [7, 11) is 0. The first-order valence-corrected chi connectivity index (χ1v) is 6.49. The minimum absolute atomic E-state index is 0.385. The van der Waals surface area contributed by atoms with E-state index in [-0.39, 0.29) is 0 Å². The van der Waals surface area contributed by atoms with Gasteiger partial charge in [0.25, 0.3) is 0 Å². The van der Waals surface area contributed by atoms with Gasteiger partial charge >= 0.3 is 0 Å². The van der Waals surface area contributed by atoms with Crippen molar-refractivity contribution in [1.82, 2.24) is 10.2 Å². The lowest BCUT2D eigenvalue weighted by molar-refractivity contribution is 0.274. The first-order chi connectivity index (χ1) is 7.27. The van der Waals surface area contributed by atoms with Gasteiger partial charge in [-0.1, -0.05) is 26.7 Å². The van der Waals surface area contributed by atoms with Crippen LogP contribution in [-0.2, 0) is 0 Å². The van der Waals surface area contributed by atoms with Crippen LogP contribution in [0.5, 0.6) is 0 Å². The van der Waals surface area contributed by atoms with Crippen molar-refractivity contribution in [3.63, 3.8) is 0 Å². The van der Waals surface area contributed by atoms with Crippen molar-refractivity contribution in [1.29, 1.82) is 0 Å². The van der Waals surface area contributed by atoms with E-state index in [0.717, 1.165) is 26.2 Å².